The van der Waals surface area contributed by atoms with Gasteiger partial charge in [0.25, 0.3) is 0 Å². The molecule has 16 heavy (non-hydrogen) atoms. The number of carbonyl (C=O) groups excluding carboxylic acids is 3. The molecule has 1 saturated heterocycles. The van der Waals surface area contributed by atoms with E-state index in [4.69, 9.17) is 4.74 Å². The molecule has 0 aliphatic carbocycles. The number of hydrogen-bond acceptors (Lipinski definition) is 5. The zero-order valence-electron chi connectivity index (χ0n) is 8.69. The minimum atomic E-state index is -0.661. The molecule has 1 atom stereocenters. The lowest BCUT2D eigenvalue weighted by atomic mass is 10.3. The fraction of sp³-hybridized carbons (Fsp3) is 0.444. The van der Waals surface area contributed by atoms with Crippen molar-refractivity contribution in [3.05, 3.63) is 12.2 Å². The molecule has 0 aromatic carbocycles. The Kier molecular flexibility index (Phi) is 4.31. The van der Waals surface area contributed by atoms with E-state index in [1.54, 1.807) is 0 Å². The van der Waals surface area contributed by atoms with E-state index >= 15 is 0 Å². The quantitative estimate of drug-likeness (QED) is 0.472. The highest BCUT2D eigenvalue weighted by Gasteiger charge is 2.20. The Bertz CT molecular complexity index is 326. The van der Waals surface area contributed by atoms with E-state index in [9.17, 15) is 14.4 Å². The summed E-state index contributed by atoms with van der Waals surface area (Å²) >= 11 is 0. The van der Waals surface area contributed by atoms with Gasteiger partial charge in [-0.1, -0.05) is 0 Å². The summed E-state index contributed by atoms with van der Waals surface area (Å²) < 4.78 is 9.07. The molecule has 0 bridgehead atoms. The van der Waals surface area contributed by atoms with Crippen molar-refractivity contribution in [3.63, 3.8) is 0 Å². The van der Waals surface area contributed by atoms with Crippen LogP contribution in [0.1, 0.15) is 0 Å². The zero-order valence-corrected chi connectivity index (χ0v) is 8.69. The number of hydrogen-bond donors (Lipinski definition) is 2. The van der Waals surface area contributed by atoms with Crippen LogP contribution in [0.3, 0.4) is 0 Å². The van der Waals surface area contributed by atoms with Crippen LogP contribution in [0.4, 0.5) is 4.79 Å². The number of methoxy groups -OCH3 is 1. The molecule has 7 heteroatoms. The van der Waals surface area contributed by atoms with E-state index in [1.165, 1.54) is 7.11 Å². The van der Waals surface area contributed by atoms with Crippen molar-refractivity contribution in [2.24, 2.45) is 0 Å². The third kappa shape index (κ3) is 3.99. The van der Waals surface area contributed by atoms with Crippen LogP contribution >= 0.6 is 0 Å². The second kappa shape index (κ2) is 5.74. The first kappa shape index (κ1) is 12.0. The van der Waals surface area contributed by atoms with Crippen LogP contribution in [-0.4, -0.2) is 44.3 Å². The smallest absolute Gasteiger partial charge is 0.331 e. The largest absolute Gasteiger partial charge is 0.466 e. The maximum absolute atomic E-state index is 11.1. The van der Waals surface area contributed by atoms with E-state index in [0.717, 1.165) is 12.2 Å². The van der Waals surface area contributed by atoms with Gasteiger partial charge in [0, 0.05) is 18.7 Å². The lowest BCUT2D eigenvalue weighted by Gasteiger charge is -2.07. The standard InChI is InChI=1S/C9H12N2O5/c1-15-7(12)2-3-8(13)16-5-6-4-10-9(14)11-6/h2-3,6H,4-5H2,1H3,(H2,10,11,14)/b3-2+/t6-/m0/s1. The van der Waals surface area contributed by atoms with E-state index in [2.05, 4.69) is 15.4 Å². The van der Waals surface area contributed by atoms with Crippen LogP contribution in [0.5, 0.6) is 0 Å². The van der Waals surface area contributed by atoms with Crippen LogP contribution in [-0.2, 0) is 19.1 Å². The molecular formula is C9H12N2O5. The van der Waals surface area contributed by atoms with E-state index in [0.29, 0.717) is 6.54 Å². The van der Waals surface area contributed by atoms with Gasteiger partial charge in [-0.2, -0.15) is 0 Å². The lowest BCUT2D eigenvalue weighted by molar-refractivity contribution is -0.139. The topological polar surface area (TPSA) is 93.7 Å². The van der Waals surface area contributed by atoms with Crippen LogP contribution in [0, 0.1) is 0 Å². The number of rotatable bonds is 4. The summed E-state index contributed by atoms with van der Waals surface area (Å²) in [4.78, 5) is 32.4. The summed E-state index contributed by atoms with van der Waals surface area (Å²) in [7, 11) is 1.21. The molecule has 1 aliphatic rings. The molecule has 7 nitrogen and oxygen atoms in total. The Morgan fingerprint density at radius 1 is 1.44 bits per heavy atom. The average Bonchev–Trinajstić information content (AvgIpc) is 2.69. The Hall–Kier alpha value is -2.05. The Morgan fingerprint density at radius 3 is 2.69 bits per heavy atom. The van der Waals surface area contributed by atoms with Gasteiger partial charge >= 0.3 is 18.0 Å². The molecule has 0 saturated carbocycles. The Labute approximate surface area is 91.8 Å². The van der Waals surface area contributed by atoms with Gasteiger partial charge in [0.2, 0.25) is 0 Å². The number of ether oxygens (including phenoxy) is 2. The highest BCUT2D eigenvalue weighted by atomic mass is 16.5. The van der Waals surface area contributed by atoms with Gasteiger partial charge in [0.05, 0.1) is 13.2 Å². The highest BCUT2D eigenvalue weighted by Crippen LogP contribution is 1.93. The normalized spacial score (nSPS) is 19.1. The van der Waals surface area contributed by atoms with Crippen molar-refractivity contribution in [2.75, 3.05) is 20.3 Å². The van der Waals surface area contributed by atoms with Gasteiger partial charge in [-0.3, -0.25) is 0 Å². The fourth-order valence-electron chi connectivity index (χ4n) is 1.04. The number of amides is 2. The molecule has 0 aromatic heterocycles. The molecular weight excluding hydrogens is 216 g/mol. The number of nitrogens with one attached hydrogen (secondary N) is 2. The highest BCUT2D eigenvalue weighted by molar-refractivity contribution is 5.91. The predicted octanol–water partition coefficient (Wildman–Crippen LogP) is -1.06. The molecule has 0 radical (unpaired) electrons. The number of urea groups is 1. The molecule has 2 N–H and O–H groups in total. The van der Waals surface area contributed by atoms with Crippen LogP contribution in [0.2, 0.25) is 0 Å². The maximum Gasteiger partial charge on any atom is 0.331 e. The van der Waals surface area contributed by atoms with Crippen molar-refractivity contribution in [2.45, 2.75) is 6.04 Å². The first-order valence-electron chi connectivity index (χ1n) is 4.59. The summed E-state index contributed by atoms with van der Waals surface area (Å²) in [6, 6.07) is -0.519. The van der Waals surface area contributed by atoms with Gasteiger partial charge in [-0.05, 0) is 0 Å². The predicted molar refractivity (Wildman–Crippen MR) is 52.4 cm³/mol. The molecule has 0 unspecified atom stereocenters. The van der Waals surface area contributed by atoms with Crippen LogP contribution in [0.15, 0.2) is 12.2 Å². The third-order valence-electron chi connectivity index (χ3n) is 1.83. The Morgan fingerprint density at radius 2 is 2.12 bits per heavy atom. The fourth-order valence-corrected chi connectivity index (χ4v) is 1.04. The molecule has 1 aliphatic heterocycles. The summed E-state index contributed by atoms with van der Waals surface area (Å²) in [6.45, 7) is 0.468. The van der Waals surface area contributed by atoms with Gasteiger partial charge in [0.1, 0.15) is 6.61 Å². The zero-order chi connectivity index (χ0) is 12.0. The van der Waals surface area contributed by atoms with Crippen LogP contribution in [0.25, 0.3) is 0 Å². The maximum atomic E-state index is 11.1. The second-order valence-electron chi connectivity index (χ2n) is 3.04. The molecule has 88 valence electrons. The molecule has 1 heterocycles. The minimum Gasteiger partial charge on any atom is -0.466 e. The first-order chi connectivity index (χ1) is 7.61. The summed E-state index contributed by atoms with van der Waals surface area (Å²) in [5, 5.41) is 5.06. The molecule has 0 spiro atoms. The van der Waals surface area contributed by atoms with Crippen molar-refractivity contribution in [1.82, 2.24) is 10.6 Å². The van der Waals surface area contributed by atoms with E-state index in [1.807, 2.05) is 0 Å². The molecule has 1 fully saturated rings. The third-order valence-corrected chi connectivity index (χ3v) is 1.83. The van der Waals surface area contributed by atoms with E-state index < -0.39 is 11.9 Å². The molecule has 2 amide bonds. The van der Waals surface area contributed by atoms with Crippen molar-refractivity contribution in [3.8, 4) is 0 Å². The number of carbonyl (C=O) groups is 3. The van der Waals surface area contributed by atoms with Gasteiger partial charge in [-0.15, -0.1) is 0 Å². The Balaban J connectivity index is 2.22. The minimum absolute atomic E-state index is 0.0586. The number of esters is 2. The summed E-state index contributed by atoms with van der Waals surface area (Å²) in [6.07, 6.45) is 1.93. The van der Waals surface area contributed by atoms with Crippen molar-refractivity contribution < 1.29 is 23.9 Å². The monoisotopic (exact) mass is 228 g/mol. The summed E-state index contributed by atoms with van der Waals surface area (Å²) in [5.41, 5.74) is 0. The lowest BCUT2D eigenvalue weighted by Crippen LogP contribution is -2.31. The van der Waals surface area contributed by atoms with Crippen molar-refractivity contribution >= 4 is 18.0 Å². The summed E-state index contributed by atoms with van der Waals surface area (Å²) in [5.74, 6) is -1.29. The molecule has 0 aromatic rings. The first-order valence-corrected chi connectivity index (χ1v) is 4.59. The average molecular weight is 228 g/mol. The molecule has 1 rings (SSSR count). The van der Waals surface area contributed by atoms with Gasteiger partial charge in [0.15, 0.2) is 0 Å². The second-order valence-corrected chi connectivity index (χ2v) is 3.04. The van der Waals surface area contributed by atoms with E-state index in [-0.39, 0.29) is 18.7 Å². The van der Waals surface area contributed by atoms with Gasteiger partial charge < -0.3 is 20.1 Å². The van der Waals surface area contributed by atoms with Crippen molar-refractivity contribution in [1.29, 1.82) is 0 Å². The van der Waals surface area contributed by atoms with Gasteiger partial charge in [-0.25, -0.2) is 14.4 Å². The van der Waals surface area contributed by atoms with Crippen LogP contribution < -0.4 is 10.6 Å². The SMILES string of the molecule is COC(=O)/C=C/C(=O)OC[C@@H]1CNC(=O)N1.